The second-order valence-electron chi connectivity index (χ2n) is 4.37. The lowest BCUT2D eigenvalue weighted by atomic mass is 10.1. The van der Waals surface area contributed by atoms with Crippen molar-refractivity contribution < 1.29 is 30.7 Å². The largest absolute Gasteiger partial charge is 0.431 e. The van der Waals surface area contributed by atoms with Crippen LogP contribution in [0.5, 0.6) is 0 Å². The molecule has 0 N–H and O–H groups in total. The molecule has 0 aliphatic carbocycles. The zero-order valence-electron chi connectivity index (χ0n) is 10.3. The molecule has 0 spiro atoms. The van der Waals surface area contributed by atoms with Gasteiger partial charge in [0.25, 0.3) is 0 Å². The number of rotatable bonds is 0. The van der Waals surface area contributed by atoms with Gasteiger partial charge in [0.05, 0.1) is 0 Å². The molecule has 0 saturated carbocycles. The van der Waals surface area contributed by atoms with Crippen LogP contribution in [0, 0.1) is 23.3 Å². The summed E-state index contributed by atoms with van der Waals surface area (Å²) in [6.45, 7) is 0. The molecule has 0 fully saturated rings. The van der Waals surface area contributed by atoms with Gasteiger partial charge >= 0.3 is 5.51 Å². The van der Waals surface area contributed by atoms with Crippen LogP contribution in [-0.4, -0.2) is 5.51 Å². The van der Waals surface area contributed by atoms with Crippen molar-refractivity contribution in [1.29, 1.82) is 0 Å². The first-order chi connectivity index (χ1) is 9.70. The molecule has 22 heavy (non-hydrogen) atoms. The highest BCUT2D eigenvalue weighted by molar-refractivity contribution is 8.18. The van der Waals surface area contributed by atoms with E-state index in [2.05, 4.69) is 0 Å². The van der Waals surface area contributed by atoms with Crippen molar-refractivity contribution in [1.82, 2.24) is 0 Å². The van der Waals surface area contributed by atoms with E-state index in [1.165, 1.54) is 0 Å². The minimum atomic E-state index is -4.77. The zero-order chi connectivity index (χ0) is 15.5. The van der Waals surface area contributed by atoms with Gasteiger partial charge in [-0.05, 0) is 35.4 Å². The van der Waals surface area contributed by atoms with Gasteiger partial charge in [0.15, 0.2) is 23.3 Å². The molecule has 2 aromatic rings. The summed E-state index contributed by atoms with van der Waals surface area (Å²) in [7, 11) is -3.09. The van der Waals surface area contributed by atoms with Gasteiger partial charge in [-0.2, -0.15) is 13.2 Å². The first-order valence-electron chi connectivity index (χ1n) is 5.55. The van der Waals surface area contributed by atoms with E-state index in [9.17, 15) is 30.7 Å². The molecule has 0 radical (unpaired) electrons. The maximum absolute atomic E-state index is 13.3. The Labute approximate surface area is 128 Å². The molecule has 1 aliphatic rings. The van der Waals surface area contributed by atoms with Crippen molar-refractivity contribution in [2.45, 2.75) is 15.3 Å². The number of hydrogen-bond donors (Lipinski definition) is 1. The molecule has 3 rings (SSSR count). The standard InChI is InChI=1S/C13H5F7S.ClH/c14-7-1-5-6-2-8(15)10(17)4-12(6)21(13(18,19)20)11(5)3-9(7)16;/h1-4,21H;1H. The molecular weight excluding hydrogens is 357 g/mol. The number of fused-ring (bicyclic) bond motifs is 3. The molecule has 120 valence electrons. The highest BCUT2D eigenvalue weighted by Gasteiger charge is 2.45. The fourth-order valence-electron chi connectivity index (χ4n) is 2.28. The molecule has 0 bridgehead atoms. The van der Waals surface area contributed by atoms with Crippen LogP contribution in [0.2, 0.25) is 0 Å². The lowest BCUT2D eigenvalue weighted by molar-refractivity contribution is -0.0354. The quantitative estimate of drug-likeness (QED) is 0.459. The summed E-state index contributed by atoms with van der Waals surface area (Å²) in [5.41, 5.74) is -5.29. The highest BCUT2D eigenvalue weighted by atomic mass is 35.5. The third-order valence-corrected chi connectivity index (χ3v) is 5.31. The topological polar surface area (TPSA) is 0 Å². The Balaban J connectivity index is 0.00000176. The number of hydrogen-bond acceptors (Lipinski definition) is 0. The minimum absolute atomic E-state index is 0. The molecule has 0 nitrogen and oxygen atoms in total. The molecule has 0 atom stereocenters. The smallest absolute Gasteiger partial charge is 0.204 e. The van der Waals surface area contributed by atoms with Crippen LogP contribution in [-0.2, 0) is 0 Å². The molecule has 0 saturated heterocycles. The molecule has 9 heteroatoms. The van der Waals surface area contributed by atoms with E-state index in [4.69, 9.17) is 0 Å². The molecule has 2 aromatic carbocycles. The van der Waals surface area contributed by atoms with Crippen molar-refractivity contribution >= 4 is 23.3 Å². The van der Waals surface area contributed by atoms with Crippen LogP contribution in [0.3, 0.4) is 0 Å². The maximum atomic E-state index is 13.3. The number of benzene rings is 2. The van der Waals surface area contributed by atoms with Gasteiger partial charge < -0.3 is 0 Å². The summed E-state index contributed by atoms with van der Waals surface area (Å²) in [5.74, 6) is -5.55. The van der Waals surface area contributed by atoms with Crippen LogP contribution >= 0.6 is 23.3 Å². The zero-order valence-corrected chi connectivity index (χ0v) is 12.0. The Hall–Kier alpha value is -1.41. The van der Waals surface area contributed by atoms with Crippen LogP contribution in [0.4, 0.5) is 30.7 Å². The predicted octanol–water partition coefficient (Wildman–Crippen LogP) is 5.58. The number of halogens is 8. The van der Waals surface area contributed by atoms with Gasteiger partial charge in [0.1, 0.15) is 0 Å². The fraction of sp³-hybridized carbons (Fsp3) is 0.0769. The van der Waals surface area contributed by atoms with E-state index < -0.39 is 49.5 Å². The summed E-state index contributed by atoms with van der Waals surface area (Å²) in [5, 5.41) is 0. The summed E-state index contributed by atoms with van der Waals surface area (Å²) in [6, 6.07) is 2.04. The van der Waals surface area contributed by atoms with Crippen molar-refractivity contribution in [3.8, 4) is 11.1 Å². The predicted molar refractivity (Wildman–Crippen MR) is 70.5 cm³/mol. The molecular formula is C13H6ClF7S. The van der Waals surface area contributed by atoms with Gasteiger partial charge in [0.2, 0.25) is 0 Å². The minimum Gasteiger partial charge on any atom is -0.204 e. The Kier molecular flexibility index (Phi) is 4.12. The van der Waals surface area contributed by atoms with Crippen molar-refractivity contribution in [3.05, 3.63) is 47.5 Å². The second kappa shape index (κ2) is 5.34. The molecule has 0 aromatic heterocycles. The van der Waals surface area contributed by atoms with Crippen molar-refractivity contribution in [2.75, 3.05) is 0 Å². The Morgan fingerprint density at radius 2 is 0.955 bits per heavy atom. The monoisotopic (exact) mass is 362 g/mol. The van der Waals surface area contributed by atoms with Gasteiger partial charge in [-0.3, -0.25) is 0 Å². The van der Waals surface area contributed by atoms with Crippen LogP contribution in [0.1, 0.15) is 0 Å². The third-order valence-electron chi connectivity index (χ3n) is 3.10. The average molecular weight is 363 g/mol. The van der Waals surface area contributed by atoms with Crippen molar-refractivity contribution in [3.63, 3.8) is 0 Å². The third kappa shape index (κ3) is 2.44. The SMILES string of the molecule is Cl.Fc1cc2c(cc1F)[SH](C(F)(F)F)c1cc(F)c(F)cc1-2. The Morgan fingerprint density at radius 3 is 1.27 bits per heavy atom. The van der Waals surface area contributed by atoms with E-state index in [0.717, 1.165) is 0 Å². The normalized spacial score (nSPS) is 14.4. The summed E-state index contributed by atoms with van der Waals surface area (Å²) in [4.78, 5) is -0.979. The van der Waals surface area contributed by atoms with E-state index in [1.807, 2.05) is 0 Å². The first-order valence-corrected chi connectivity index (χ1v) is 6.89. The molecule has 0 amide bonds. The summed E-state index contributed by atoms with van der Waals surface area (Å²) < 4.78 is 92.5. The van der Waals surface area contributed by atoms with Gasteiger partial charge in [0, 0.05) is 9.79 Å². The molecule has 1 aliphatic heterocycles. The Morgan fingerprint density at radius 1 is 0.636 bits per heavy atom. The van der Waals surface area contributed by atoms with Gasteiger partial charge in [-0.1, -0.05) is 0 Å². The van der Waals surface area contributed by atoms with Crippen LogP contribution in [0.15, 0.2) is 34.1 Å². The van der Waals surface area contributed by atoms with E-state index in [1.54, 1.807) is 0 Å². The second-order valence-corrected chi connectivity index (χ2v) is 6.51. The lowest BCUT2D eigenvalue weighted by Gasteiger charge is -2.21. The van der Waals surface area contributed by atoms with E-state index in [-0.39, 0.29) is 23.5 Å². The van der Waals surface area contributed by atoms with Gasteiger partial charge in [-0.25, -0.2) is 17.6 Å². The lowest BCUT2D eigenvalue weighted by Crippen LogP contribution is -2.08. The van der Waals surface area contributed by atoms with Crippen LogP contribution < -0.4 is 0 Å². The Bertz CT molecular complexity index is 700. The first kappa shape index (κ1) is 17.0. The highest BCUT2D eigenvalue weighted by Crippen LogP contribution is 2.66. The number of thiol groups is 1. The summed E-state index contributed by atoms with van der Waals surface area (Å²) in [6.07, 6.45) is 0. The molecule has 1 heterocycles. The van der Waals surface area contributed by atoms with Gasteiger partial charge in [-0.15, -0.1) is 23.3 Å². The number of alkyl halides is 3. The molecule has 0 unspecified atom stereocenters. The fourth-order valence-corrected chi connectivity index (χ4v) is 4.42. The average Bonchev–Trinajstić information content (AvgIpc) is 2.64. The summed E-state index contributed by atoms with van der Waals surface area (Å²) >= 11 is 0. The van der Waals surface area contributed by atoms with E-state index in [0.29, 0.717) is 24.3 Å². The van der Waals surface area contributed by atoms with Crippen molar-refractivity contribution in [2.24, 2.45) is 0 Å². The van der Waals surface area contributed by atoms with Crippen LogP contribution in [0.25, 0.3) is 11.1 Å². The van der Waals surface area contributed by atoms with E-state index >= 15 is 0 Å². The maximum Gasteiger partial charge on any atom is 0.431 e.